The lowest BCUT2D eigenvalue weighted by Crippen LogP contribution is -2.53. The summed E-state index contributed by atoms with van der Waals surface area (Å²) in [5.41, 5.74) is 2.05. The van der Waals surface area contributed by atoms with Gasteiger partial charge in [-0.1, -0.05) is 0 Å². The van der Waals surface area contributed by atoms with Crippen LogP contribution in [0.4, 0.5) is 11.4 Å². The number of quaternary nitrogens is 1. The fourth-order valence-corrected chi connectivity index (χ4v) is 3.06. The molecule has 6 heteroatoms. The van der Waals surface area contributed by atoms with E-state index in [1.54, 1.807) is 12.1 Å². The van der Waals surface area contributed by atoms with Crippen molar-refractivity contribution in [3.05, 3.63) is 38.9 Å². The van der Waals surface area contributed by atoms with Crippen LogP contribution < -0.4 is 4.48 Å². The normalized spacial score (nSPS) is 20.6. The van der Waals surface area contributed by atoms with Gasteiger partial charge in [0.25, 0.3) is 5.69 Å². The molecule has 0 N–H and O–H groups in total. The quantitative estimate of drug-likeness (QED) is 0.336. The summed E-state index contributed by atoms with van der Waals surface area (Å²) in [6.07, 6.45) is 1.88. The summed E-state index contributed by atoms with van der Waals surface area (Å²) in [6.45, 7) is 2.95. The zero-order chi connectivity index (χ0) is 12.8. The van der Waals surface area contributed by atoms with Gasteiger partial charge < -0.3 is 17.4 Å². The highest BCUT2D eigenvalue weighted by atomic mass is 32.1. The van der Waals surface area contributed by atoms with E-state index >= 15 is 0 Å². The van der Waals surface area contributed by atoms with Crippen molar-refractivity contribution in [2.75, 3.05) is 26.3 Å². The maximum Gasteiger partial charge on any atom is 0.270 e. The number of fused-ring (bicyclic) bond motifs is 2. The lowest BCUT2D eigenvalue weighted by Gasteiger charge is -2.42. The SMILES string of the molecule is O=[N+]([O-])c1ccc2c(c1)C=C([S-])[N+]21CCOCC1. The molecular weight excluding hydrogens is 252 g/mol. The predicted octanol–water partition coefficient (Wildman–Crippen LogP) is 1.79. The Labute approximate surface area is 110 Å². The summed E-state index contributed by atoms with van der Waals surface area (Å²) in [5, 5.41) is 11.6. The second kappa shape index (κ2) is 4.01. The van der Waals surface area contributed by atoms with Crippen LogP contribution in [0.15, 0.2) is 23.2 Å². The van der Waals surface area contributed by atoms with E-state index in [0.717, 1.165) is 29.4 Å². The number of ether oxygens (including phenoxy) is 1. The largest absolute Gasteiger partial charge is 0.721 e. The molecule has 0 radical (unpaired) electrons. The summed E-state index contributed by atoms with van der Waals surface area (Å²) < 4.78 is 6.00. The predicted molar refractivity (Wildman–Crippen MR) is 70.8 cm³/mol. The van der Waals surface area contributed by atoms with Gasteiger partial charge in [0.1, 0.15) is 18.8 Å². The van der Waals surface area contributed by atoms with E-state index in [4.69, 9.17) is 17.4 Å². The third-order valence-electron chi connectivity index (χ3n) is 3.62. The Bertz CT molecular complexity index is 550. The Morgan fingerprint density at radius 2 is 2.06 bits per heavy atom. The number of morpholine rings is 1. The molecule has 94 valence electrons. The van der Waals surface area contributed by atoms with Crippen molar-refractivity contribution in [2.24, 2.45) is 0 Å². The van der Waals surface area contributed by atoms with Crippen LogP contribution in [0.2, 0.25) is 0 Å². The number of nitro groups is 1. The van der Waals surface area contributed by atoms with Crippen molar-refractivity contribution < 1.29 is 9.66 Å². The molecule has 2 aliphatic heterocycles. The molecule has 1 fully saturated rings. The summed E-state index contributed by atoms with van der Waals surface area (Å²) in [6, 6.07) is 4.98. The lowest BCUT2D eigenvalue weighted by atomic mass is 10.1. The number of nitrogens with zero attached hydrogens (tertiary/aromatic N) is 2. The van der Waals surface area contributed by atoms with Gasteiger partial charge in [0.15, 0.2) is 0 Å². The third kappa shape index (κ3) is 1.53. The molecule has 0 unspecified atom stereocenters. The van der Waals surface area contributed by atoms with Crippen molar-refractivity contribution in [1.82, 2.24) is 4.48 Å². The molecule has 0 amide bonds. The Balaban J connectivity index is 2.09. The van der Waals surface area contributed by atoms with Crippen LogP contribution in [0, 0.1) is 10.1 Å². The maximum absolute atomic E-state index is 10.8. The van der Waals surface area contributed by atoms with Crippen molar-refractivity contribution in [3.8, 4) is 0 Å². The zero-order valence-corrected chi connectivity index (χ0v) is 10.5. The molecule has 0 aromatic heterocycles. The smallest absolute Gasteiger partial charge is 0.270 e. The number of benzene rings is 1. The second-order valence-corrected chi connectivity index (χ2v) is 4.93. The topological polar surface area (TPSA) is 52.4 Å². The van der Waals surface area contributed by atoms with E-state index in [1.165, 1.54) is 0 Å². The van der Waals surface area contributed by atoms with E-state index in [9.17, 15) is 10.1 Å². The van der Waals surface area contributed by atoms with Gasteiger partial charge in [0.05, 0.1) is 18.1 Å². The van der Waals surface area contributed by atoms with E-state index in [0.29, 0.717) is 17.7 Å². The van der Waals surface area contributed by atoms with Gasteiger partial charge in [-0.05, 0) is 11.1 Å². The summed E-state index contributed by atoms with van der Waals surface area (Å²) in [7, 11) is 0. The number of non-ortho nitro benzene ring substituents is 1. The molecule has 5 nitrogen and oxygen atoms in total. The first kappa shape index (κ1) is 11.6. The number of hydrogen-bond acceptors (Lipinski definition) is 4. The fraction of sp³-hybridized carbons (Fsp3) is 0.333. The van der Waals surface area contributed by atoms with E-state index in [2.05, 4.69) is 0 Å². The van der Waals surface area contributed by atoms with Crippen molar-refractivity contribution in [3.63, 3.8) is 0 Å². The molecule has 2 heterocycles. The highest BCUT2D eigenvalue weighted by Gasteiger charge is 2.38. The molecule has 0 atom stereocenters. The number of hydrogen-bond donors (Lipinski definition) is 0. The van der Waals surface area contributed by atoms with Crippen LogP contribution in [0.5, 0.6) is 0 Å². The minimum Gasteiger partial charge on any atom is -0.721 e. The fourth-order valence-electron chi connectivity index (χ4n) is 2.65. The molecule has 1 aromatic carbocycles. The zero-order valence-electron chi connectivity index (χ0n) is 9.67. The molecule has 3 rings (SSSR count). The molecule has 0 aliphatic carbocycles. The van der Waals surface area contributed by atoms with Crippen LogP contribution in [0.1, 0.15) is 5.56 Å². The van der Waals surface area contributed by atoms with Gasteiger partial charge in [0.2, 0.25) is 0 Å². The van der Waals surface area contributed by atoms with Crippen LogP contribution in [-0.2, 0) is 17.4 Å². The molecule has 1 spiro atoms. The lowest BCUT2D eigenvalue weighted by molar-refractivity contribution is -0.384. The monoisotopic (exact) mass is 264 g/mol. The van der Waals surface area contributed by atoms with Gasteiger partial charge in [-0.2, -0.15) is 0 Å². The molecule has 2 aliphatic rings. The number of nitro benzene ring substituents is 1. The average Bonchev–Trinajstić information content (AvgIpc) is 2.63. The maximum atomic E-state index is 10.8. The first-order valence-corrected chi connectivity index (χ1v) is 6.17. The number of rotatable bonds is 1. The van der Waals surface area contributed by atoms with Crippen LogP contribution in [-0.4, -0.2) is 31.2 Å². The standard InChI is InChI=1S/C12H12N2O3S/c15-13(16)10-1-2-11-9(7-10)8-12(18)14(11)3-5-17-6-4-14/h1-2,7-8H,3-6H2. The Kier molecular flexibility index (Phi) is 2.58. The molecular formula is C12H12N2O3S. The first-order valence-electron chi connectivity index (χ1n) is 5.77. The van der Waals surface area contributed by atoms with Gasteiger partial charge in [0, 0.05) is 23.8 Å². The van der Waals surface area contributed by atoms with E-state index in [-0.39, 0.29) is 10.6 Å². The molecule has 18 heavy (non-hydrogen) atoms. The molecule has 1 aromatic rings. The highest BCUT2D eigenvalue weighted by molar-refractivity contribution is 7.63. The van der Waals surface area contributed by atoms with Gasteiger partial charge in [-0.3, -0.25) is 14.6 Å². The molecule has 0 saturated carbocycles. The summed E-state index contributed by atoms with van der Waals surface area (Å²) in [4.78, 5) is 10.4. The van der Waals surface area contributed by atoms with Crippen LogP contribution in [0.25, 0.3) is 6.08 Å². The Morgan fingerprint density at radius 1 is 1.33 bits per heavy atom. The minimum absolute atomic E-state index is 0.112. The molecule has 0 bridgehead atoms. The second-order valence-electron chi connectivity index (χ2n) is 4.51. The van der Waals surface area contributed by atoms with Crippen LogP contribution >= 0.6 is 0 Å². The Morgan fingerprint density at radius 3 is 2.72 bits per heavy atom. The minimum atomic E-state index is -0.376. The highest BCUT2D eigenvalue weighted by Crippen LogP contribution is 2.41. The first-order chi connectivity index (χ1) is 8.63. The Hall–Kier alpha value is -1.50. The van der Waals surface area contributed by atoms with Crippen molar-refractivity contribution in [2.45, 2.75) is 0 Å². The third-order valence-corrected chi connectivity index (χ3v) is 4.09. The average molecular weight is 264 g/mol. The van der Waals surface area contributed by atoms with Gasteiger partial charge in [-0.15, -0.1) is 0 Å². The van der Waals surface area contributed by atoms with Gasteiger partial charge in [-0.25, -0.2) is 0 Å². The summed E-state index contributed by atoms with van der Waals surface area (Å²) in [5.74, 6) is 0. The van der Waals surface area contributed by atoms with E-state index < -0.39 is 0 Å². The molecule has 1 saturated heterocycles. The van der Waals surface area contributed by atoms with Crippen molar-refractivity contribution in [1.29, 1.82) is 0 Å². The van der Waals surface area contributed by atoms with E-state index in [1.807, 2.05) is 12.1 Å². The van der Waals surface area contributed by atoms with Crippen molar-refractivity contribution >= 4 is 30.1 Å². The van der Waals surface area contributed by atoms with Gasteiger partial charge >= 0.3 is 0 Å². The summed E-state index contributed by atoms with van der Waals surface area (Å²) >= 11 is 5.46. The van der Waals surface area contributed by atoms with Crippen LogP contribution in [0.3, 0.4) is 0 Å².